The lowest BCUT2D eigenvalue weighted by molar-refractivity contribution is 0.164. The molecule has 112 valence electrons. The van der Waals surface area contributed by atoms with Crippen LogP contribution < -0.4 is 4.74 Å². The summed E-state index contributed by atoms with van der Waals surface area (Å²) in [6.07, 6.45) is 2.82. The number of benzene rings is 1. The molecule has 1 aliphatic heterocycles. The molecule has 0 spiro atoms. The molecule has 1 fully saturated rings. The molecular formula is C13H14N2O3S3. The number of hydrogen-bond acceptors (Lipinski definition) is 7. The van der Waals surface area contributed by atoms with Gasteiger partial charge in [0.25, 0.3) is 0 Å². The van der Waals surface area contributed by atoms with Gasteiger partial charge in [0.2, 0.25) is 0 Å². The minimum atomic E-state index is -0.708. The van der Waals surface area contributed by atoms with Gasteiger partial charge in [-0.25, -0.2) is 4.98 Å². The third kappa shape index (κ3) is 2.50. The molecule has 0 saturated carbocycles. The molecular weight excluding hydrogens is 328 g/mol. The van der Waals surface area contributed by atoms with Gasteiger partial charge in [-0.05, 0) is 27.5 Å². The summed E-state index contributed by atoms with van der Waals surface area (Å²) in [7, 11) is 6.30. The van der Waals surface area contributed by atoms with Crippen molar-refractivity contribution in [3.05, 3.63) is 42.0 Å². The van der Waals surface area contributed by atoms with Crippen molar-refractivity contribution in [3.8, 4) is 11.5 Å². The number of aliphatic hydroxyl groups excluding tert-OH is 1. The fraction of sp³-hybridized carbons (Fsp3) is 0.308. The van der Waals surface area contributed by atoms with Crippen molar-refractivity contribution in [3.63, 3.8) is 0 Å². The molecule has 5 nitrogen and oxygen atoms in total. The Morgan fingerprint density at radius 1 is 1.48 bits per heavy atom. The highest BCUT2D eigenvalue weighted by atomic mass is 33.5. The number of phenols is 1. The van der Waals surface area contributed by atoms with Gasteiger partial charge in [-0.15, -0.1) is 0 Å². The van der Waals surface area contributed by atoms with Crippen LogP contribution in [0.1, 0.15) is 11.4 Å². The molecule has 2 aromatic rings. The van der Waals surface area contributed by atoms with Gasteiger partial charge in [-0.2, -0.15) is 0 Å². The van der Waals surface area contributed by atoms with Crippen molar-refractivity contribution in [2.75, 3.05) is 12.9 Å². The number of aromatic hydroxyl groups is 1. The number of phenolic OH excluding ortho intramolecular Hbond substituents is 1. The normalized spacial score (nSPS) is 25.7. The molecule has 21 heavy (non-hydrogen) atoms. The minimum absolute atomic E-state index is 0.0770. The van der Waals surface area contributed by atoms with Crippen LogP contribution in [-0.4, -0.2) is 39.1 Å². The second-order valence-electron chi connectivity index (χ2n) is 4.51. The third-order valence-corrected chi connectivity index (χ3v) is 8.12. The standard InChI is InChI=1S/C13H14N2O3S3/c1-18-10-6-8(2-3-9(10)16)13(12-14-4-5-15-12)11(17)7-19-21-20-13/h2-6,11,16-17H,7H2,1H3,(H,14,15)/t11?,13-/m0/s1. The van der Waals surface area contributed by atoms with Gasteiger partial charge in [0.05, 0.1) is 13.2 Å². The predicted molar refractivity (Wildman–Crippen MR) is 87.7 cm³/mol. The van der Waals surface area contributed by atoms with Gasteiger partial charge in [0, 0.05) is 18.1 Å². The molecule has 0 bridgehead atoms. The van der Waals surface area contributed by atoms with E-state index < -0.39 is 10.9 Å². The van der Waals surface area contributed by atoms with Gasteiger partial charge in [-0.3, -0.25) is 0 Å². The second-order valence-corrected chi connectivity index (χ2v) is 8.87. The van der Waals surface area contributed by atoms with E-state index >= 15 is 0 Å². The number of ether oxygens (including phenoxy) is 1. The molecule has 1 unspecified atom stereocenters. The summed E-state index contributed by atoms with van der Waals surface area (Å²) in [4.78, 5) is 7.47. The Balaban J connectivity index is 2.16. The van der Waals surface area contributed by atoms with Gasteiger partial charge >= 0.3 is 0 Å². The lowest BCUT2D eigenvalue weighted by Gasteiger charge is -2.38. The molecule has 1 aliphatic rings. The first kappa shape index (κ1) is 15.0. The number of nitrogens with zero attached hydrogens (tertiary/aromatic N) is 1. The summed E-state index contributed by atoms with van der Waals surface area (Å²) in [5.74, 6) is 1.75. The number of rotatable bonds is 3. The smallest absolute Gasteiger partial charge is 0.160 e. The summed E-state index contributed by atoms with van der Waals surface area (Å²) >= 11 is 0. The van der Waals surface area contributed by atoms with E-state index in [1.54, 1.807) is 62.0 Å². The Bertz CT molecular complexity index is 623. The van der Waals surface area contributed by atoms with Crippen molar-refractivity contribution in [1.82, 2.24) is 9.97 Å². The summed E-state index contributed by atoms with van der Waals surface area (Å²) in [5.41, 5.74) is 0.845. The minimum Gasteiger partial charge on any atom is -0.504 e. The zero-order valence-electron chi connectivity index (χ0n) is 11.1. The van der Waals surface area contributed by atoms with Crippen LogP contribution in [-0.2, 0) is 4.75 Å². The van der Waals surface area contributed by atoms with Crippen LogP contribution in [0.25, 0.3) is 0 Å². The lowest BCUT2D eigenvalue weighted by atomic mass is 9.91. The van der Waals surface area contributed by atoms with E-state index in [4.69, 9.17) is 4.74 Å². The number of methoxy groups -OCH3 is 1. The van der Waals surface area contributed by atoms with Crippen molar-refractivity contribution in [1.29, 1.82) is 0 Å². The summed E-state index contributed by atoms with van der Waals surface area (Å²) in [5, 5.41) is 20.4. The van der Waals surface area contributed by atoms with Gasteiger partial charge < -0.3 is 19.9 Å². The molecule has 2 heterocycles. The largest absolute Gasteiger partial charge is 0.504 e. The van der Waals surface area contributed by atoms with Crippen LogP contribution >= 0.6 is 31.4 Å². The van der Waals surface area contributed by atoms with E-state index in [0.717, 1.165) is 5.56 Å². The van der Waals surface area contributed by atoms with Crippen LogP contribution in [0.5, 0.6) is 11.5 Å². The van der Waals surface area contributed by atoms with E-state index in [1.165, 1.54) is 7.11 Å². The molecule has 1 saturated heterocycles. The number of aromatic amines is 1. The molecule has 2 atom stereocenters. The molecule has 0 aliphatic carbocycles. The highest BCUT2D eigenvalue weighted by molar-refractivity contribution is 9.09. The fourth-order valence-corrected chi connectivity index (χ4v) is 7.38. The topological polar surface area (TPSA) is 78.4 Å². The summed E-state index contributed by atoms with van der Waals surface area (Å²) in [6.45, 7) is 0. The lowest BCUT2D eigenvalue weighted by Crippen LogP contribution is -2.41. The molecule has 0 radical (unpaired) electrons. The second kappa shape index (κ2) is 6.04. The maximum atomic E-state index is 10.7. The molecule has 3 N–H and O–H groups in total. The predicted octanol–water partition coefficient (Wildman–Crippen LogP) is 2.77. The number of imidazole rings is 1. The first-order chi connectivity index (χ1) is 10.2. The number of aliphatic hydroxyl groups is 1. The van der Waals surface area contributed by atoms with Crippen LogP contribution in [0.15, 0.2) is 30.6 Å². The maximum Gasteiger partial charge on any atom is 0.160 e. The molecule has 0 amide bonds. The maximum absolute atomic E-state index is 10.7. The molecule has 1 aromatic carbocycles. The number of nitrogens with one attached hydrogen (secondary N) is 1. The van der Waals surface area contributed by atoms with Crippen molar-refractivity contribution in [2.24, 2.45) is 0 Å². The van der Waals surface area contributed by atoms with Crippen molar-refractivity contribution < 1.29 is 14.9 Å². The number of hydrogen-bond donors (Lipinski definition) is 3. The fourth-order valence-electron chi connectivity index (χ4n) is 2.29. The average Bonchev–Trinajstić information content (AvgIpc) is 3.03. The van der Waals surface area contributed by atoms with E-state index in [0.29, 0.717) is 17.3 Å². The van der Waals surface area contributed by atoms with E-state index in [2.05, 4.69) is 9.97 Å². The molecule has 3 rings (SSSR count). The van der Waals surface area contributed by atoms with Crippen LogP contribution in [0.3, 0.4) is 0 Å². The van der Waals surface area contributed by atoms with Gasteiger partial charge in [0.1, 0.15) is 10.6 Å². The molecule has 8 heteroatoms. The SMILES string of the molecule is COc1cc([C@]2(c3ncc[nH]3)SSSCC2O)ccc1O. The first-order valence-corrected chi connectivity index (χ1v) is 9.86. The van der Waals surface area contributed by atoms with Crippen molar-refractivity contribution >= 4 is 31.4 Å². The Hall–Kier alpha value is -0.960. The monoisotopic (exact) mass is 342 g/mol. The number of aromatic nitrogens is 2. The highest BCUT2D eigenvalue weighted by Crippen LogP contribution is 2.58. The van der Waals surface area contributed by atoms with Crippen LogP contribution in [0, 0.1) is 0 Å². The average molecular weight is 342 g/mol. The van der Waals surface area contributed by atoms with Gasteiger partial charge in [0.15, 0.2) is 11.5 Å². The zero-order valence-corrected chi connectivity index (χ0v) is 13.6. The van der Waals surface area contributed by atoms with E-state index in [9.17, 15) is 10.2 Å². The quantitative estimate of drug-likeness (QED) is 0.740. The summed E-state index contributed by atoms with van der Waals surface area (Å²) < 4.78 is 4.48. The molecule has 1 aromatic heterocycles. The Morgan fingerprint density at radius 2 is 2.33 bits per heavy atom. The number of H-pyrrole nitrogens is 1. The Morgan fingerprint density at radius 3 is 3.00 bits per heavy atom. The Labute approximate surface area is 133 Å². The third-order valence-electron chi connectivity index (χ3n) is 3.37. The zero-order chi connectivity index (χ0) is 14.9. The van der Waals surface area contributed by atoms with Gasteiger partial charge in [-0.1, -0.05) is 27.7 Å². The van der Waals surface area contributed by atoms with Crippen LogP contribution in [0.4, 0.5) is 0 Å². The first-order valence-electron chi connectivity index (χ1n) is 6.21. The van der Waals surface area contributed by atoms with Crippen molar-refractivity contribution in [2.45, 2.75) is 10.9 Å². The Kier molecular flexibility index (Phi) is 4.30. The highest BCUT2D eigenvalue weighted by Gasteiger charge is 2.47. The van der Waals surface area contributed by atoms with E-state index in [1.807, 2.05) is 0 Å². The van der Waals surface area contributed by atoms with Crippen LogP contribution in [0.2, 0.25) is 0 Å². The summed E-state index contributed by atoms with van der Waals surface area (Å²) in [6, 6.07) is 5.14. The van der Waals surface area contributed by atoms with E-state index in [-0.39, 0.29) is 5.75 Å².